The summed E-state index contributed by atoms with van der Waals surface area (Å²) in [6.07, 6.45) is 1.47. The van der Waals surface area contributed by atoms with E-state index in [4.69, 9.17) is 5.73 Å². The van der Waals surface area contributed by atoms with Crippen molar-refractivity contribution in [2.75, 3.05) is 6.54 Å². The lowest BCUT2D eigenvalue weighted by molar-refractivity contribution is -0.152. The SMILES string of the molecule is C[C@H](N)C(=O)N(C(=O)Cc1cc(F)cc(F)c1)[C@H]1CC(c2ccccc2)=CCNC1=O. The molecule has 0 fully saturated rings. The van der Waals surface area contributed by atoms with E-state index in [1.54, 1.807) is 0 Å². The van der Waals surface area contributed by atoms with Crippen molar-refractivity contribution in [3.63, 3.8) is 0 Å². The van der Waals surface area contributed by atoms with Crippen molar-refractivity contribution < 1.29 is 23.2 Å². The fraction of sp³-hybridized carbons (Fsp3) is 0.261. The van der Waals surface area contributed by atoms with Gasteiger partial charge < -0.3 is 11.1 Å². The summed E-state index contributed by atoms with van der Waals surface area (Å²) in [5.74, 6) is -3.68. The Bertz CT molecular complexity index is 1000. The van der Waals surface area contributed by atoms with Crippen molar-refractivity contribution in [3.8, 4) is 0 Å². The van der Waals surface area contributed by atoms with Gasteiger partial charge in [-0.1, -0.05) is 36.4 Å². The quantitative estimate of drug-likeness (QED) is 0.765. The third-order valence-corrected chi connectivity index (χ3v) is 4.97. The van der Waals surface area contributed by atoms with Gasteiger partial charge in [0.25, 0.3) is 0 Å². The summed E-state index contributed by atoms with van der Waals surface area (Å²) in [5, 5.41) is 2.68. The predicted molar refractivity (Wildman–Crippen MR) is 111 cm³/mol. The summed E-state index contributed by atoms with van der Waals surface area (Å²) < 4.78 is 27.1. The van der Waals surface area contributed by atoms with Crippen molar-refractivity contribution >= 4 is 23.3 Å². The van der Waals surface area contributed by atoms with Crippen molar-refractivity contribution in [1.29, 1.82) is 0 Å². The second kappa shape index (κ2) is 9.61. The number of carbonyl (C=O) groups excluding carboxylic acids is 3. The van der Waals surface area contributed by atoms with Gasteiger partial charge in [0.1, 0.15) is 17.7 Å². The molecule has 1 aliphatic heterocycles. The first-order valence-corrected chi connectivity index (χ1v) is 9.85. The molecule has 2 aromatic rings. The van der Waals surface area contributed by atoms with E-state index < -0.39 is 47.9 Å². The molecule has 0 bridgehead atoms. The molecule has 3 amide bonds. The Labute approximate surface area is 178 Å². The molecule has 3 rings (SSSR count). The molecule has 2 atom stereocenters. The molecule has 6 nitrogen and oxygen atoms in total. The maximum Gasteiger partial charge on any atom is 0.246 e. The Kier molecular flexibility index (Phi) is 6.91. The van der Waals surface area contributed by atoms with Crippen LogP contribution in [0.1, 0.15) is 24.5 Å². The predicted octanol–water partition coefficient (Wildman–Crippen LogP) is 2.18. The van der Waals surface area contributed by atoms with Crippen LogP contribution in [0.5, 0.6) is 0 Å². The van der Waals surface area contributed by atoms with E-state index in [1.165, 1.54) is 6.92 Å². The van der Waals surface area contributed by atoms with Crippen LogP contribution in [-0.4, -0.2) is 41.2 Å². The fourth-order valence-electron chi connectivity index (χ4n) is 3.52. The molecule has 1 heterocycles. The lowest BCUT2D eigenvalue weighted by Crippen LogP contribution is -2.56. The van der Waals surface area contributed by atoms with Crippen LogP contribution in [0.25, 0.3) is 5.57 Å². The Balaban J connectivity index is 1.94. The third-order valence-electron chi connectivity index (χ3n) is 4.97. The van der Waals surface area contributed by atoms with Crippen LogP contribution < -0.4 is 11.1 Å². The molecule has 0 aliphatic carbocycles. The van der Waals surface area contributed by atoms with Gasteiger partial charge in [0, 0.05) is 19.0 Å². The maximum absolute atomic E-state index is 13.6. The normalized spacial score (nSPS) is 17.2. The number of nitrogens with zero attached hydrogens (tertiary/aromatic N) is 1. The molecule has 0 saturated carbocycles. The van der Waals surface area contributed by atoms with Crippen LogP contribution in [-0.2, 0) is 20.8 Å². The minimum Gasteiger partial charge on any atom is -0.351 e. The summed E-state index contributed by atoms with van der Waals surface area (Å²) in [5.41, 5.74) is 7.44. The van der Waals surface area contributed by atoms with Gasteiger partial charge in [-0.25, -0.2) is 8.78 Å². The Hall–Kier alpha value is -3.39. The minimum absolute atomic E-state index is 0.0535. The van der Waals surface area contributed by atoms with E-state index in [2.05, 4.69) is 5.32 Å². The summed E-state index contributed by atoms with van der Waals surface area (Å²) >= 11 is 0. The topological polar surface area (TPSA) is 92.5 Å². The zero-order valence-corrected chi connectivity index (χ0v) is 17.0. The van der Waals surface area contributed by atoms with E-state index >= 15 is 0 Å². The second-order valence-corrected chi connectivity index (χ2v) is 7.41. The smallest absolute Gasteiger partial charge is 0.246 e. The number of halogens is 2. The van der Waals surface area contributed by atoms with Gasteiger partial charge in [-0.15, -0.1) is 0 Å². The van der Waals surface area contributed by atoms with Crippen LogP contribution in [0.4, 0.5) is 8.78 Å². The molecule has 0 saturated heterocycles. The fourth-order valence-corrected chi connectivity index (χ4v) is 3.52. The monoisotopic (exact) mass is 427 g/mol. The number of nitrogens with two attached hydrogens (primary N) is 1. The average Bonchev–Trinajstić information content (AvgIpc) is 2.90. The number of carbonyl (C=O) groups is 3. The summed E-state index contributed by atoms with van der Waals surface area (Å²) in [4.78, 5) is 39.5. The summed E-state index contributed by atoms with van der Waals surface area (Å²) in [6.45, 7) is 1.65. The van der Waals surface area contributed by atoms with Crippen LogP contribution in [0.15, 0.2) is 54.6 Å². The highest BCUT2D eigenvalue weighted by atomic mass is 19.1. The number of nitrogens with one attached hydrogen (secondary N) is 1. The molecule has 3 N–H and O–H groups in total. The van der Waals surface area contributed by atoms with E-state index in [0.717, 1.165) is 28.2 Å². The zero-order valence-electron chi connectivity index (χ0n) is 17.0. The second-order valence-electron chi connectivity index (χ2n) is 7.41. The number of amides is 3. The number of imide groups is 1. The van der Waals surface area contributed by atoms with Crippen molar-refractivity contribution in [1.82, 2.24) is 10.2 Å². The van der Waals surface area contributed by atoms with Gasteiger partial charge >= 0.3 is 0 Å². The summed E-state index contributed by atoms with van der Waals surface area (Å²) in [7, 11) is 0. The first-order chi connectivity index (χ1) is 14.8. The first-order valence-electron chi connectivity index (χ1n) is 9.85. The van der Waals surface area contributed by atoms with E-state index in [1.807, 2.05) is 36.4 Å². The molecular weight excluding hydrogens is 404 g/mol. The highest BCUT2D eigenvalue weighted by Gasteiger charge is 2.37. The van der Waals surface area contributed by atoms with Gasteiger partial charge in [-0.05, 0) is 35.8 Å². The van der Waals surface area contributed by atoms with Gasteiger partial charge in [0.15, 0.2) is 0 Å². The Morgan fingerprint density at radius 2 is 1.81 bits per heavy atom. The lowest BCUT2D eigenvalue weighted by atomic mass is 9.97. The van der Waals surface area contributed by atoms with Crippen LogP contribution in [0.2, 0.25) is 0 Å². The van der Waals surface area contributed by atoms with Crippen LogP contribution in [0, 0.1) is 11.6 Å². The maximum atomic E-state index is 13.6. The number of rotatable bonds is 5. The first kappa shape index (κ1) is 22.3. The largest absolute Gasteiger partial charge is 0.351 e. The highest BCUT2D eigenvalue weighted by Crippen LogP contribution is 2.25. The van der Waals surface area contributed by atoms with Gasteiger partial charge in [0.2, 0.25) is 17.7 Å². The molecule has 0 aromatic heterocycles. The van der Waals surface area contributed by atoms with Gasteiger partial charge in [-0.3, -0.25) is 19.3 Å². The van der Waals surface area contributed by atoms with Crippen LogP contribution in [0.3, 0.4) is 0 Å². The number of hydrogen-bond acceptors (Lipinski definition) is 4. The molecule has 162 valence electrons. The standard InChI is InChI=1S/C23H23F2N3O3/c1-14(26)23(31)28(21(29)11-15-9-18(24)13-19(25)10-15)20-12-17(7-8-27-22(20)30)16-5-3-2-4-6-16/h2-7,9-10,13-14,20H,8,11-12,26H2,1H3,(H,27,30)/t14-,20-/m0/s1. The van der Waals surface area contributed by atoms with E-state index in [-0.39, 0.29) is 18.5 Å². The van der Waals surface area contributed by atoms with Crippen LogP contribution >= 0.6 is 0 Å². The number of benzene rings is 2. The third kappa shape index (κ3) is 5.40. The average molecular weight is 427 g/mol. The molecule has 31 heavy (non-hydrogen) atoms. The van der Waals surface area contributed by atoms with E-state index in [0.29, 0.717) is 6.07 Å². The minimum atomic E-state index is -1.14. The molecule has 1 aliphatic rings. The highest BCUT2D eigenvalue weighted by molar-refractivity contribution is 6.03. The van der Waals surface area contributed by atoms with Gasteiger partial charge in [0.05, 0.1) is 12.5 Å². The Morgan fingerprint density at radius 3 is 2.42 bits per heavy atom. The zero-order chi connectivity index (χ0) is 22.5. The van der Waals surface area contributed by atoms with Crippen molar-refractivity contribution in [2.24, 2.45) is 5.73 Å². The number of hydrogen-bond donors (Lipinski definition) is 2. The van der Waals surface area contributed by atoms with E-state index in [9.17, 15) is 23.2 Å². The van der Waals surface area contributed by atoms with Crippen molar-refractivity contribution in [2.45, 2.75) is 31.8 Å². The molecule has 8 heteroatoms. The molecule has 0 spiro atoms. The molecule has 2 aromatic carbocycles. The molecule has 0 radical (unpaired) electrons. The molecule has 0 unspecified atom stereocenters. The Morgan fingerprint density at radius 1 is 1.16 bits per heavy atom. The van der Waals surface area contributed by atoms with Crippen molar-refractivity contribution in [3.05, 3.63) is 77.4 Å². The summed E-state index contributed by atoms with van der Waals surface area (Å²) in [6, 6.07) is 9.81. The van der Waals surface area contributed by atoms with Gasteiger partial charge in [-0.2, -0.15) is 0 Å². The molecular formula is C23H23F2N3O3. The lowest BCUT2D eigenvalue weighted by Gasteiger charge is -2.30.